The first-order valence-corrected chi connectivity index (χ1v) is 15.8. The molecule has 5 aromatic rings. The molecule has 3 heterocycles. The molecule has 44 heavy (non-hydrogen) atoms. The maximum Gasteiger partial charge on any atom is 0.417 e. The van der Waals surface area contributed by atoms with Crippen LogP contribution in [0, 0.1) is 6.92 Å². The number of pyridine rings is 2. The number of nitrogens with one attached hydrogen (secondary N) is 1. The van der Waals surface area contributed by atoms with Gasteiger partial charge in [-0.3, -0.25) is 14.8 Å². The maximum absolute atomic E-state index is 12.9. The molecule has 0 radical (unpaired) electrons. The molecule has 2 N–H and O–H groups in total. The van der Waals surface area contributed by atoms with E-state index < -0.39 is 23.6 Å². The molecule has 0 bridgehead atoms. The van der Waals surface area contributed by atoms with Crippen LogP contribution in [0.4, 0.5) is 13.2 Å². The van der Waals surface area contributed by atoms with Gasteiger partial charge in [-0.2, -0.15) is 13.2 Å². The zero-order chi connectivity index (χ0) is 31.6. The Morgan fingerprint density at radius 2 is 1.73 bits per heavy atom. The number of halogens is 3. The van der Waals surface area contributed by atoms with Crippen LogP contribution in [0.1, 0.15) is 54.8 Å². The number of nitrogens with zero attached hydrogens (tertiary/aromatic N) is 2. The zero-order valence-corrected chi connectivity index (χ0v) is 26.3. The number of carboxylic acids is 1. The minimum Gasteiger partial charge on any atom is -0.481 e. The van der Waals surface area contributed by atoms with Gasteiger partial charge in [-0.15, -0.1) is 23.5 Å². The molecule has 228 valence electrons. The standard InChI is InChI=1S/C34H32F3N3O2S2/c1-20-28(43-19-24-7-5-6-16-38-24)15-14-27-29(20)31(44-33(2,3)4)30(40-27)25(32(41)42)17-21-8-10-22(11-9-21)26-13-12-23(18-39-26)34(35,36)37/h5-16,18,25,40H,17,19H2,1-4H3,(H,41,42). The Bertz CT molecular complexity index is 1760. The highest BCUT2D eigenvalue weighted by Gasteiger charge is 2.31. The second kappa shape index (κ2) is 12.7. The molecule has 0 saturated heterocycles. The molecular formula is C34H32F3N3O2S2. The fourth-order valence-corrected chi connectivity index (χ4v) is 7.21. The summed E-state index contributed by atoms with van der Waals surface area (Å²) in [5.41, 5.74) is 4.68. The minimum absolute atomic E-state index is 0.174. The number of aliphatic carboxylic acids is 1. The van der Waals surface area contributed by atoms with E-state index in [0.717, 1.165) is 55.5 Å². The molecule has 10 heteroatoms. The van der Waals surface area contributed by atoms with E-state index in [1.54, 1.807) is 41.9 Å². The van der Waals surface area contributed by atoms with E-state index in [1.165, 1.54) is 6.07 Å². The summed E-state index contributed by atoms with van der Waals surface area (Å²) in [7, 11) is 0. The van der Waals surface area contributed by atoms with Gasteiger partial charge in [-0.1, -0.05) is 51.1 Å². The van der Waals surface area contributed by atoms with Gasteiger partial charge in [-0.25, -0.2) is 0 Å². The third-order valence-corrected chi connectivity index (χ3v) is 9.53. The van der Waals surface area contributed by atoms with Gasteiger partial charge in [0, 0.05) is 54.8 Å². The molecule has 0 spiro atoms. The van der Waals surface area contributed by atoms with E-state index in [-0.39, 0.29) is 11.2 Å². The Morgan fingerprint density at radius 1 is 0.977 bits per heavy atom. The number of fused-ring (bicyclic) bond motifs is 1. The molecule has 0 aliphatic heterocycles. The van der Waals surface area contributed by atoms with Gasteiger partial charge < -0.3 is 10.1 Å². The number of aryl methyl sites for hydroxylation is 1. The number of thioether (sulfide) groups is 2. The summed E-state index contributed by atoms with van der Waals surface area (Å²) in [5.74, 6) is -1.06. The largest absolute Gasteiger partial charge is 0.481 e. The summed E-state index contributed by atoms with van der Waals surface area (Å²) in [6.07, 6.45) is -1.61. The number of hydrogen-bond donors (Lipinski definition) is 2. The van der Waals surface area contributed by atoms with Gasteiger partial charge in [0.25, 0.3) is 0 Å². The number of rotatable bonds is 9. The Kier molecular flexibility index (Phi) is 9.13. The number of benzene rings is 2. The summed E-state index contributed by atoms with van der Waals surface area (Å²) in [5, 5.41) is 11.5. The molecule has 2 aromatic carbocycles. The summed E-state index contributed by atoms with van der Waals surface area (Å²) < 4.78 is 38.6. The van der Waals surface area contributed by atoms with Crippen molar-refractivity contribution in [1.29, 1.82) is 0 Å². The minimum atomic E-state index is -4.45. The van der Waals surface area contributed by atoms with Crippen LogP contribution in [0.5, 0.6) is 0 Å². The van der Waals surface area contributed by atoms with Gasteiger partial charge in [0.2, 0.25) is 0 Å². The average molecular weight is 636 g/mol. The highest BCUT2D eigenvalue weighted by molar-refractivity contribution is 8.01. The molecule has 0 amide bonds. The van der Waals surface area contributed by atoms with Crippen molar-refractivity contribution in [2.45, 2.75) is 66.5 Å². The van der Waals surface area contributed by atoms with Crippen LogP contribution in [-0.2, 0) is 23.1 Å². The van der Waals surface area contributed by atoms with Crippen LogP contribution in [-0.4, -0.2) is 30.8 Å². The van der Waals surface area contributed by atoms with Crippen molar-refractivity contribution >= 4 is 40.4 Å². The second-order valence-electron chi connectivity index (χ2n) is 11.5. The molecule has 5 rings (SSSR count). The van der Waals surface area contributed by atoms with Crippen molar-refractivity contribution in [3.05, 3.63) is 107 Å². The van der Waals surface area contributed by atoms with Crippen LogP contribution >= 0.6 is 23.5 Å². The van der Waals surface area contributed by atoms with E-state index in [2.05, 4.69) is 48.7 Å². The number of aromatic nitrogens is 3. The molecule has 1 atom stereocenters. The first-order chi connectivity index (χ1) is 20.8. The SMILES string of the molecule is Cc1c(SCc2ccccn2)ccc2[nH]c(C(Cc3ccc(-c4ccc(C(F)(F)F)cn4)cc3)C(=O)O)c(SC(C)(C)C)c12. The van der Waals surface area contributed by atoms with Crippen LogP contribution in [0.3, 0.4) is 0 Å². The first-order valence-electron chi connectivity index (χ1n) is 14.0. The number of aromatic amines is 1. The lowest BCUT2D eigenvalue weighted by molar-refractivity contribution is -0.139. The number of carbonyl (C=O) groups is 1. The quantitative estimate of drug-likeness (QED) is 0.157. The Hall–Kier alpha value is -3.76. The van der Waals surface area contributed by atoms with Crippen molar-refractivity contribution < 1.29 is 23.1 Å². The normalized spacial score (nSPS) is 12.9. The smallest absolute Gasteiger partial charge is 0.417 e. The summed E-state index contributed by atoms with van der Waals surface area (Å²) >= 11 is 3.36. The predicted molar refractivity (Wildman–Crippen MR) is 171 cm³/mol. The van der Waals surface area contributed by atoms with Gasteiger partial charge in [0.05, 0.1) is 17.0 Å². The van der Waals surface area contributed by atoms with Crippen LogP contribution in [0.15, 0.2) is 88.9 Å². The van der Waals surface area contributed by atoms with Gasteiger partial charge in [-0.05, 0) is 60.9 Å². The van der Waals surface area contributed by atoms with Crippen molar-refractivity contribution in [2.75, 3.05) is 0 Å². The monoisotopic (exact) mass is 635 g/mol. The third kappa shape index (κ3) is 7.30. The lowest BCUT2D eigenvalue weighted by Crippen LogP contribution is -2.17. The molecule has 0 aliphatic carbocycles. The average Bonchev–Trinajstić information content (AvgIpc) is 3.33. The number of H-pyrrole nitrogens is 1. The number of alkyl halides is 3. The highest BCUT2D eigenvalue weighted by atomic mass is 32.2. The lowest BCUT2D eigenvalue weighted by atomic mass is 9.95. The molecular weight excluding hydrogens is 604 g/mol. The van der Waals surface area contributed by atoms with Crippen LogP contribution in [0.25, 0.3) is 22.2 Å². The first kappa shape index (κ1) is 31.7. The molecule has 5 nitrogen and oxygen atoms in total. The highest BCUT2D eigenvalue weighted by Crippen LogP contribution is 2.45. The van der Waals surface area contributed by atoms with E-state index in [0.29, 0.717) is 17.0 Å². The van der Waals surface area contributed by atoms with E-state index in [9.17, 15) is 23.1 Å². The topological polar surface area (TPSA) is 78.9 Å². The van der Waals surface area contributed by atoms with E-state index in [1.807, 2.05) is 36.4 Å². The van der Waals surface area contributed by atoms with Gasteiger partial charge in [0.15, 0.2) is 0 Å². The third-order valence-electron chi connectivity index (χ3n) is 7.09. The van der Waals surface area contributed by atoms with Crippen LogP contribution < -0.4 is 0 Å². The summed E-state index contributed by atoms with van der Waals surface area (Å²) in [6.45, 7) is 8.41. The Balaban J connectivity index is 1.46. The van der Waals surface area contributed by atoms with Crippen molar-refractivity contribution in [2.24, 2.45) is 0 Å². The molecule has 1 unspecified atom stereocenters. The van der Waals surface area contributed by atoms with Crippen molar-refractivity contribution in [1.82, 2.24) is 15.0 Å². The molecule has 3 aromatic heterocycles. The Morgan fingerprint density at radius 3 is 2.32 bits per heavy atom. The van der Waals surface area contributed by atoms with E-state index in [4.69, 9.17) is 0 Å². The number of carboxylic acid groups (broad SMARTS) is 1. The maximum atomic E-state index is 12.9. The summed E-state index contributed by atoms with van der Waals surface area (Å²) in [6, 6.07) is 19.4. The molecule has 0 fully saturated rings. The second-order valence-corrected chi connectivity index (χ2v) is 14.4. The fraction of sp³-hybridized carbons (Fsp3) is 0.265. The fourth-order valence-electron chi connectivity index (χ4n) is 4.97. The summed E-state index contributed by atoms with van der Waals surface area (Å²) in [4.78, 5) is 26.7. The van der Waals surface area contributed by atoms with Crippen molar-refractivity contribution in [3.8, 4) is 11.3 Å². The Labute approximate surface area is 262 Å². The van der Waals surface area contributed by atoms with Gasteiger partial charge in [0.1, 0.15) is 5.92 Å². The predicted octanol–water partition coefficient (Wildman–Crippen LogP) is 9.55. The van der Waals surface area contributed by atoms with Crippen molar-refractivity contribution in [3.63, 3.8) is 0 Å². The van der Waals surface area contributed by atoms with Gasteiger partial charge >= 0.3 is 12.1 Å². The zero-order valence-electron chi connectivity index (χ0n) is 24.7. The lowest BCUT2D eigenvalue weighted by Gasteiger charge is -2.21. The number of hydrogen-bond acceptors (Lipinski definition) is 5. The van der Waals surface area contributed by atoms with E-state index >= 15 is 0 Å². The molecule has 0 saturated carbocycles. The molecule has 0 aliphatic rings. The van der Waals surface area contributed by atoms with Crippen LogP contribution in [0.2, 0.25) is 0 Å².